The number of nitrogens with two attached hydrogens (primary N) is 1. The van der Waals surface area contributed by atoms with Crippen LogP contribution >= 0.6 is 0 Å². The summed E-state index contributed by atoms with van der Waals surface area (Å²) in [5.74, 6) is -2.08. The Morgan fingerprint density at radius 2 is 2.11 bits per heavy atom. The van der Waals surface area contributed by atoms with Gasteiger partial charge in [-0.3, -0.25) is 4.79 Å². The van der Waals surface area contributed by atoms with Gasteiger partial charge < -0.3 is 10.8 Å². The molecule has 0 amide bonds. The molecule has 2 unspecified atom stereocenters. The molecule has 19 heavy (non-hydrogen) atoms. The van der Waals surface area contributed by atoms with Crippen molar-refractivity contribution < 1.29 is 14.3 Å². The number of rotatable bonds is 4. The number of benzene rings is 1. The molecule has 1 fully saturated rings. The first-order valence-electron chi connectivity index (χ1n) is 6.50. The summed E-state index contributed by atoms with van der Waals surface area (Å²) in [6.45, 7) is 0. The Kier molecular flexibility index (Phi) is 4.32. The molecule has 3 nitrogen and oxygen atoms in total. The van der Waals surface area contributed by atoms with Gasteiger partial charge in [0.2, 0.25) is 0 Å². The van der Waals surface area contributed by atoms with Gasteiger partial charge in [-0.1, -0.05) is 30.3 Å². The van der Waals surface area contributed by atoms with Crippen molar-refractivity contribution in [1.29, 1.82) is 0 Å². The quantitative estimate of drug-likeness (QED) is 0.877. The lowest BCUT2D eigenvalue weighted by Gasteiger charge is -2.14. The van der Waals surface area contributed by atoms with E-state index in [1.165, 1.54) is 0 Å². The molecule has 0 saturated heterocycles. The minimum absolute atomic E-state index is 0.385. The molecule has 1 aromatic carbocycles. The molecule has 0 heterocycles. The maximum atomic E-state index is 14.3. The maximum absolute atomic E-state index is 14.3. The smallest absolute Gasteiger partial charge is 0.310 e. The van der Waals surface area contributed by atoms with Crippen LogP contribution in [0.4, 0.5) is 4.39 Å². The van der Waals surface area contributed by atoms with Gasteiger partial charge in [0, 0.05) is 0 Å². The number of aliphatic carboxylic acids is 1. The predicted molar refractivity (Wildman–Crippen MR) is 71.2 cm³/mol. The second kappa shape index (κ2) is 5.97. The van der Waals surface area contributed by atoms with Gasteiger partial charge in [-0.05, 0) is 36.8 Å². The lowest BCUT2D eigenvalue weighted by Crippen LogP contribution is -2.26. The lowest BCUT2D eigenvalue weighted by atomic mass is 9.97. The van der Waals surface area contributed by atoms with E-state index in [1.807, 2.05) is 30.3 Å². The van der Waals surface area contributed by atoms with Gasteiger partial charge in [0.15, 0.2) is 0 Å². The molecular weight excluding hydrogens is 245 g/mol. The molecule has 0 aromatic heterocycles. The molecule has 2 atom stereocenters. The Morgan fingerprint density at radius 1 is 1.42 bits per heavy atom. The zero-order chi connectivity index (χ0) is 13.8. The number of halogens is 1. The van der Waals surface area contributed by atoms with E-state index in [0.29, 0.717) is 24.8 Å². The highest BCUT2D eigenvalue weighted by molar-refractivity contribution is 5.74. The minimum Gasteiger partial charge on any atom is -0.481 e. The second-order valence-corrected chi connectivity index (χ2v) is 4.95. The van der Waals surface area contributed by atoms with Crippen molar-refractivity contribution in [2.75, 3.05) is 0 Å². The normalized spacial score (nSPS) is 23.2. The van der Waals surface area contributed by atoms with Gasteiger partial charge in [-0.15, -0.1) is 0 Å². The molecule has 0 aliphatic heterocycles. The van der Waals surface area contributed by atoms with E-state index < -0.39 is 23.8 Å². The third kappa shape index (κ3) is 3.20. The Balaban J connectivity index is 2.14. The summed E-state index contributed by atoms with van der Waals surface area (Å²) >= 11 is 0. The van der Waals surface area contributed by atoms with Crippen molar-refractivity contribution in [2.24, 2.45) is 11.7 Å². The average Bonchev–Trinajstić information content (AvgIpc) is 2.88. The number of hydrogen-bond acceptors (Lipinski definition) is 2. The first-order chi connectivity index (χ1) is 9.09. The molecule has 102 valence electrons. The first kappa shape index (κ1) is 13.7. The van der Waals surface area contributed by atoms with Gasteiger partial charge in [0.25, 0.3) is 0 Å². The van der Waals surface area contributed by atoms with Crippen LogP contribution in [0.2, 0.25) is 0 Å². The average molecular weight is 263 g/mol. The molecule has 0 bridgehead atoms. The van der Waals surface area contributed by atoms with E-state index >= 15 is 0 Å². The molecule has 3 N–H and O–H groups in total. The summed E-state index contributed by atoms with van der Waals surface area (Å²) in [6, 6.07) is 8.67. The summed E-state index contributed by atoms with van der Waals surface area (Å²) in [7, 11) is 0. The van der Waals surface area contributed by atoms with E-state index in [1.54, 1.807) is 0 Å². The topological polar surface area (TPSA) is 63.3 Å². The summed E-state index contributed by atoms with van der Waals surface area (Å²) in [4.78, 5) is 11.1. The van der Waals surface area contributed by atoms with Gasteiger partial charge in [-0.25, -0.2) is 4.39 Å². The third-order valence-corrected chi connectivity index (χ3v) is 3.59. The van der Waals surface area contributed by atoms with E-state index in [0.717, 1.165) is 12.0 Å². The van der Waals surface area contributed by atoms with Crippen molar-refractivity contribution in [3.05, 3.63) is 47.3 Å². The summed E-state index contributed by atoms with van der Waals surface area (Å²) in [5.41, 5.74) is 7.21. The van der Waals surface area contributed by atoms with Crippen LogP contribution in [0, 0.1) is 5.92 Å². The standard InChI is InChI=1S/C15H18FNO2/c16-14(11-7-4-8-12(11)15(18)19)13(17)9-10-5-2-1-3-6-10/h1-3,5-6,12-13H,4,7-9,17H2,(H,18,19)/b14-11-. The Hall–Kier alpha value is -1.68. The number of carboxylic acids is 1. The molecule has 1 aliphatic rings. The fourth-order valence-electron chi connectivity index (χ4n) is 2.60. The largest absolute Gasteiger partial charge is 0.481 e. The number of carboxylic acid groups (broad SMARTS) is 1. The van der Waals surface area contributed by atoms with Gasteiger partial charge in [0.05, 0.1) is 12.0 Å². The fourth-order valence-corrected chi connectivity index (χ4v) is 2.60. The number of hydrogen-bond donors (Lipinski definition) is 2. The van der Waals surface area contributed by atoms with Crippen molar-refractivity contribution in [2.45, 2.75) is 31.7 Å². The zero-order valence-electron chi connectivity index (χ0n) is 10.7. The van der Waals surface area contributed by atoms with E-state index in [4.69, 9.17) is 10.8 Å². The van der Waals surface area contributed by atoms with Crippen molar-refractivity contribution in [1.82, 2.24) is 0 Å². The van der Waals surface area contributed by atoms with Crippen molar-refractivity contribution in [3.8, 4) is 0 Å². The molecule has 4 heteroatoms. The van der Waals surface area contributed by atoms with Crippen LogP contribution in [0.3, 0.4) is 0 Å². The summed E-state index contributed by atoms with van der Waals surface area (Å²) < 4.78 is 14.3. The molecule has 1 aromatic rings. The van der Waals surface area contributed by atoms with Gasteiger partial charge in [-0.2, -0.15) is 0 Å². The maximum Gasteiger partial charge on any atom is 0.310 e. The fraction of sp³-hybridized carbons (Fsp3) is 0.400. The SMILES string of the molecule is NC(Cc1ccccc1)/C(F)=C1\CCCC1C(=O)O. The van der Waals surface area contributed by atoms with Crippen LogP contribution < -0.4 is 5.73 Å². The number of carbonyl (C=O) groups is 1. The van der Waals surface area contributed by atoms with Crippen molar-refractivity contribution >= 4 is 5.97 Å². The first-order valence-corrected chi connectivity index (χ1v) is 6.50. The molecule has 2 rings (SSSR count). The van der Waals surface area contributed by atoms with Crippen LogP contribution in [0.15, 0.2) is 41.7 Å². The molecule has 0 spiro atoms. The van der Waals surface area contributed by atoms with E-state index in [-0.39, 0.29) is 0 Å². The van der Waals surface area contributed by atoms with Crippen molar-refractivity contribution in [3.63, 3.8) is 0 Å². The molecule has 0 radical (unpaired) electrons. The lowest BCUT2D eigenvalue weighted by molar-refractivity contribution is -0.140. The summed E-state index contributed by atoms with van der Waals surface area (Å²) in [5, 5.41) is 9.06. The third-order valence-electron chi connectivity index (χ3n) is 3.59. The minimum atomic E-state index is -0.949. The van der Waals surface area contributed by atoms with Crippen LogP contribution in [-0.4, -0.2) is 17.1 Å². The second-order valence-electron chi connectivity index (χ2n) is 4.95. The highest BCUT2D eigenvalue weighted by atomic mass is 19.1. The van der Waals surface area contributed by atoms with Gasteiger partial charge in [0.1, 0.15) is 5.83 Å². The predicted octanol–water partition coefficient (Wildman–Crippen LogP) is 2.66. The molecule has 1 saturated carbocycles. The molecule has 1 aliphatic carbocycles. The highest BCUT2D eigenvalue weighted by Crippen LogP contribution is 2.35. The van der Waals surface area contributed by atoms with Crippen LogP contribution in [0.5, 0.6) is 0 Å². The zero-order valence-corrected chi connectivity index (χ0v) is 10.7. The van der Waals surface area contributed by atoms with E-state index in [2.05, 4.69) is 0 Å². The van der Waals surface area contributed by atoms with E-state index in [9.17, 15) is 9.18 Å². The Morgan fingerprint density at radius 3 is 2.74 bits per heavy atom. The van der Waals surface area contributed by atoms with Crippen LogP contribution in [-0.2, 0) is 11.2 Å². The van der Waals surface area contributed by atoms with Crippen LogP contribution in [0.25, 0.3) is 0 Å². The monoisotopic (exact) mass is 263 g/mol. The Bertz CT molecular complexity index is 484. The Labute approximate surface area is 111 Å². The molecular formula is C15H18FNO2. The van der Waals surface area contributed by atoms with Gasteiger partial charge >= 0.3 is 5.97 Å². The highest BCUT2D eigenvalue weighted by Gasteiger charge is 2.31. The van der Waals surface area contributed by atoms with Crippen LogP contribution in [0.1, 0.15) is 24.8 Å². The summed E-state index contributed by atoms with van der Waals surface area (Å²) in [6.07, 6.45) is 2.13.